The normalized spacial score (nSPS) is 19.4. The number of methoxy groups -OCH3 is 1. The van der Waals surface area contributed by atoms with Gasteiger partial charge >= 0.3 is 0 Å². The number of aryl methyl sites for hydroxylation is 1. The van der Waals surface area contributed by atoms with Crippen molar-refractivity contribution in [2.45, 2.75) is 18.9 Å². The molecule has 1 aliphatic heterocycles. The number of thiophene rings is 1. The van der Waals surface area contributed by atoms with Crippen LogP contribution in [0.15, 0.2) is 9.85 Å². The number of hydrogen-bond acceptors (Lipinski definition) is 3. The monoisotopic (exact) mass is 275 g/mol. The Labute approximate surface area is 96.8 Å². The van der Waals surface area contributed by atoms with Crippen LogP contribution >= 0.6 is 27.3 Å². The van der Waals surface area contributed by atoms with E-state index in [0.717, 1.165) is 19.5 Å². The van der Waals surface area contributed by atoms with Gasteiger partial charge in [-0.05, 0) is 33.8 Å². The SMILES string of the molecule is COC1(Cc2scc(C)c2Br)CNC1. The van der Waals surface area contributed by atoms with Crippen LogP contribution in [0.25, 0.3) is 0 Å². The summed E-state index contributed by atoms with van der Waals surface area (Å²) in [7, 11) is 1.80. The van der Waals surface area contributed by atoms with Crippen LogP contribution in [-0.2, 0) is 11.2 Å². The molecule has 2 heterocycles. The summed E-state index contributed by atoms with van der Waals surface area (Å²) in [6.45, 7) is 4.06. The summed E-state index contributed by atoms with van der Waals surface area (Å²) >= 11 is 5.43. The van der Waals surface area contributed by atoms with Crippen molar-refractivity contribution in [1.82, 2.24) is 5.32 Å². The van der Waals surface area contributed by atoms with Gasteiger partial charge in [-0.15, -0.1) is 11.3 Å². The highest BCUT2D eigenvalue weighted by Gasteiger charge is 2.37. The van der Waals surface area contributed by atoms with Crippen molar-refractivity contribution in [1.29, 1.82) is 0 Å². The summed E-state index contributed by atoms with van der Waals surface area (Å²) < 4.78 is 6.82. The fourth-order valence-corrected chi connectivity index (χ4v) is 3.37. The maximum atomic E-state index is 5.57. The molecule has 1 N–H and O–H groups in total. The van der Waals surface area contributed by atoms with Gasteiger partial charge < -0.3 is 10.1 Å². The molecular weight excluding hydrogens is 262 g/mol. The Bertz CT molecular complexity index is 327. The maximum absolute atomic E-state index is 5.57. The molecule has 1 aliphatic rings. The quantitative estimate of drug-likeness (QED) is 0.915. The molecule has 1 saturated heterocycles. The average molecular weight is 276 g/mol. The molecule has 2 rings (SSSR count). The summed E-state index contributed by atoms with van der Waals surface area (Å²) in [6, 6.07) is 0. The molecule has 0 bridgehead atoms. The fraction of sp³-hybridized carbons (Fsp3) is 0.600. The van der Waals surface area contributed by atoms with E-state index in [-0.39, 0.29) is 5.60 Å². The highest BCUT2D eigenvalue weighted by atomic mass is 79.9. The summed E-state index contributed by atoms with van der Waals surface area (Å²) in [5, 5.41) is 5.45. The molecule has 1 aromatic heterocycles. The van der Waals surface area contributed by atoms with Crippen molar-refractivity contribution in [3.63, 3.8) is 0 Å². The third kappa shape index (κ3) is 1.76. The minimum atomic E-state index is 0.0415. The van der Waals surface area contributed by atoms with E-state index in [4.69, 9.17) is 4.74 Å². The van der Waals surface area contributed by atoms with E-state index in [9.17, 15) is 0 Å². The van der Waals surface area contributed by atoms with E-state index in [0.29, 0.717) is 0 Å². The molecule has 0 unspecified atom stereocenters. The highest BCUT2D eigenvalue weighted by molar-refractivity contribution is 9.10. The zero-order chi connectivity index (χ0) is 10.2. The highest BCUT2D eigenvalue weighted by Crippen LogP contribution is 2.32. The molecule has 0 amide bonds. The molecule has 0 spiro atoms. The van der Waals surface area contributed by atoms with Crippen molar-refractivity contribution in [2.24, 2.45) is 0 Å². The minimum Gasteiger partial charge on any atom is -0.375 e. The molecule has 78 valence electrons. The van der Waals surface area contributed by atoms with Gasteiger partial charge in [-0.1, -0.05) is 0 Å². The predicted molar refractivity (Wildman–Crippen MR) is 63.1 cm³/mol. The lowest BCUT2D eigenvalue weighted by Gasteiger charge is -2.41. The Hall–Kier alpha value is 0.1000. The molecule has 0 atom stereocenters. The van der Waals surface area contributed by atoms with Crippen LogP contribution in [0.5, 0.6) is 0 Å². The Kier molecular flexibility index (Phi) is 2.98. The average Bonchev–Trinajstić information content (AvgIpc) is 2.42. The van der Waals surface area contributed by atoms with E-state index >= 15 is 0 Å². The molecule has 4 heteroatoms. The van der Waals surface area contributed by atoms with Gasteiger partial charge in [-0.2, -0.15) is 0 Å². The van der Waals surface area contributed by atoms with Crippen LogP contribution in [0, 0.1) is 6.92 Å². The van der Waals surface area contributed by atoms with Gasteiger partial charge in [-0.25, -0.2) is 0 Å². The zero-order valence-electron chi connectivity index (χ0n) is 8.39. The molecule has 0 saturated carbocycles. The van der Waals surface area contributed by atoms with Crippen molar-refractivity contribution < 1.29 is 4.74 Å². The first-order valence-corrected chi connectivity index (χ1v) is 6.32. The molecule has 1 aromatic rings. The minimum absolute atomic E-state index is 0.0415. The third-order valence-corrected chi connectivity index (χ3v) is 5.25. The standard InChI is InChI=1S/C10H14BrNOS/c1-7-4-14-8(9(7)11)3-10(13-2)5-12-6-10/h4,12H,3,5-6H2,1-2H3. The molecule has 2 nitrogen and oxygen atoms in total. The van der Waals surface area contributed by atoms with Crippen molar-refractivity contribution in [2.75, 3.05) is 20.2 Å². The molecule has 0 aliphatic carbocycles. The second kappa shape index (κ2) is 3.93. The van der Waals surface area contributed by atoms with Crippen LogP contribution in [0.3, 0.4) is 0 Å². The Balaban J connectivity index is 2.13. The van der Waals surface area contributed by atoms with Gasteiger partial charge in [0.2, 0.25) is 0 Å². The van der Waals surface area contributed by atoms with Gasteiger partial charge in [0.1, 0.15) is 0 Å². The smallest absolute Gasteiger partial charge is 0.0974 e. The van der Waals surface area contributed by atoms with E-state index < -0.39 is 0 Å². The lowest BCUT2D eigenvalue weighted by atomic mass is 9.92. The van der Waals surface area contributed by atoms with Gasteiger partial charge in [0.05, 0.1) is 5.60 Å². The van der Waals surface area contributed by atoms with Crippen LogP contribution in [0.2, 0.25) is 0 Å². The molecule has 1 fully saturated rings. The number of hydrogen-bond donors (Lipinski definition) is 1. The van der Waals surface area contributed by atoms with Crippen LogP contribution in [0.1, 0.15) is 10.4 Å². The number of nitrogens with one attached hydrogen (secondary N) is 1. The van der Waals surface area contributed by atoms with Crippen molar-refractivity contribution in [3.05, 3.63) is 20.3 Å². The Morgan fingerprint density at radius 1 is 1.64 bits per heavy atom. The first-order chi connectivity index (χ1) is 6.67. The second-order valence-electron chi connectivity index (χ2n) is 3.82. The molecule has 0 aromatic carbocycles. The summed E-state index contributed by atoms with van der Waals surface area (Å²) in [4.78, 5) is 1.39. The van der Waals surface area contributed by atoms with E-state index in [2.05, 4.69) is 33.6 Å². The lowest BCUT2D eigenvalue weighted by Crippen LogP contribution is -2.61. The topological polar surface area (TPSA) is 21.3 Å². The molecular formula is C10H14BrNOS. The van der Waals surface area contributed by atoms with Crippen LogP contribution < -0.4 is 5.32 Å². The van der Waals surface area contributed by atoms with Gasteiger partial charge in [0.25, 0.3) is 0 Å². The van der Waals surface area contributed by atoms with Gasteiger partial charge in [0.15, 0.2) is 0 Å². The Morgan fingerprint density at radius 3 is 2.71 bits per heavy atom. The summed E-state index contributed by atoms with van der Waals surface area (Å²) in [5.74, 6) is 0. The lowest BCUT2D eigenvalue weighted by molar-refractivity contribution is -0.0497. The van der Waals surface area contributed by atoms with Crippen molar-refractivity contribution in [3.8, 4) is 0 Å². The van der Waals surface area contributed by atoms with E-state index in [1.165, 1.54) is 14.9 Å². The first-order valence-electron chi connectivity index (χ1n) is 4.65. The zero-order valence-corrected chi connectivity index (χ0v) is 10.8. The van der Waals surface area contributed by atoms with E-state index in [1.54, 1.807) is 7.11 Å². The number of ether oxygens (including phenoxy) is 1. The maximum Gasteiger partial charge on any atom is 0.0974 e. The number of halogens is 1. The van der Waals surface area contributed by atoms with Crippen molar-refractivity contribution >= 4 is 27.3 Å². The van der Waals surface area contributed by atoms with Gasteiger partial charge in [-0.3, -0.25) is 0 Å². The Morgan fingerprint density at radius 2 is 2.36 bits per heavy atom. The van der Waals surface area contributed by atoms with E-state index in [1.807, 2.05) is 11.3 Å². The largest absolute Gasteiger partial charge is 0.375 e. The van der Waals surface area contributed by atoms with Crippen LogP contribution in [0.4, 0.5) is 0 Å². The first kappa shape index (κ1) is 10.6. The predicted octanol–water partition coefficient (Wildman–Crippen LogP) is 2.35. The fourth-order valence-electron chi connectivity index (χ4n) is 1.64. The molecule has 14 heavy (non-hydrogen) atoms. The van der Waals surface area contributed by atoms with Gasteiger partial charge in [0, 0.05) is 36.0 Å². The summed E-state index contributed by atoms with van der Waals surface area (Å²) in [5.41, 5.74) is 1.36. The van der Waals surface area contributed by atoms with Crippen LogP contribution in [-0.4, -0.2) is 25.8 Å². The third-order valence-electron chi connectivity index (χ3n) is 2.78. The number of rotatable bonds is 3. The summed E-state index contributed by atoms with van der Waals surface area (Å²) in [6.07, 6.45) is 1.01. The molecule has 0 radical (unpaired) electrons. The second-order valence-corrected chi connectivity index (χ2v) is 5.58.